The molecular weight excluding hydrogens is 446 g/mol. The van der Waals surface area contributed by atoms with Crippen LogP contribution in [0.2, 0.25) is 0 Å². The lowest BCUT2D eigenvalue weighted by molar-refractivity contribution is -0.115. The fraction of sp³-hybridized carbons (Fsp3) is 0.250. The van der Waals surface area contributed by atoms with E-state index >= 15 is 0 Å². The summed E-state index contributed by atoms with van der Waals surface area (Å²) in [6, 6.07) is 17.1. The summed E-state index contributed by atoms with van der Waals surface area (Å²) in [6.07, 6.45) is 0. The number of rotatable bonds is 7. The molecule has 0 saturated heterocycles. The Morgan fingerprint density at radius 1 is 1.09 bits per heavy atom. The van der Waals surface area contributed by atoms with Crippen LogP contribution in [0, 0.1) is 0 Å². The summed E-state index contributed by atoms with van der Waals surface area (Å²) in [4.78, 5) is 27.2. The van der Waals surface area contributed by atoms with E-state index in [-0.39, 0.29) is 12.5 Å². The lowest BCUT2D eigenvalue weighted by Gasteiger charge is -2.19. The lowest BCUT2D eigenvalue weighted by atomic mass is 10.1. The fourth-order valence-electron chi connectivity index (χ4n) is 3.16. The quantitative estimate of drug-likeness (QED) is 0.365. The second kappa shape index (κ2) is 10.1. The highest BCUT2D eigenvalue weighted by Gasteiger charge is 2.23. The van der Waals surface area contributed by atoms with Crippen molar-refractivity contribution in [3.8, 4) is 21.9 Å². The van der Waals surface area contributed by atoms with Crippen molar-refractivity contribution in [1.82, 2.24) is 0 Å². The molecule has 32 heavy (non-hydrogen) atoms. The number of thiophene rings is 1. The number of fused-ring (bicyclic) bond motifs is 1. The van der Waals surface area contributed by atoms with Crippen molar-refractivity contribution < 1.29 is 23.8 Å². The van der Waals surface area contributed by atoms with Gasteiger partial charge in [-0.05, 0) is 43.7 Å². The van der Waals surface area contributed by atoms with Crippen LogP contribution in [0.1, 0.15) is 24.2 Å². The maximum absolute atomic E-state index is 13.0. The van der Waals surface area contributed by atoms with Gasteiger partial charge in [0.15, 0.2) is 11.5 Å². The van der Waals surface area contributed by atoms with E-state index in [4.69, 9.17) is 14.2 Å². The van der Waals surface area contributed by atoms with Gasteiger partial charge in [0, 0.05) is 9.77 Å². The Bertz CT molecular complexity index is 1110. The second-order valence-electron chi connectivity index (χ2n) is 6.99. The van der Waals surface area contributed by atoms with E-state index in [0.29, 0.717) is 35.3 Å². The van der Waals surface area contributed by atoms with Crippen molar-refractivity contribution >= 4 is 40.0 Å². The normalized spacial score (nSPS) is 13.3. The van der Waals surface area contributed by atoms with Crippen molar-refractivity contribution in [1.29, 1.82) is 0 Å². The Morgan fingerprint density at radius 2 is 1.84 bits per heavy atom. The van der Waals surface area contributed by atoms with Crippen LogP contribution < -0.4 is 14.8 Å². The molecule has 1 N–H and O–H groups in total. The number of esters is 1. The Morgan fingerprint density at radius 3 is 2.59 bits per heavy atom. The van der Waals surface area contributed by atoms with Crippen LogP contribution in [-0.2, 0) is 9.53 Å². The summed E-state index contributed by atoms with van der Waals surface area (Å²) >= 11 is 2.77. The third-order valence-corrected chi connectivity index (χ3v) is 6.91. The van der Waals surface area contributed by atoms with Gasteiger partial charge in [0.1, 0.15) is 18.2 Å². The van der Waals surface area contributed by atoms with Gasteiger partial charge in [0.25, 0.3) is 0 Å². The Hall–Kier alpha value is -2.97. The molecule has 0 unspecified atom stereocenters. The average Bonchev–Trinajstić information content (AvgIpc) is 3.23. The van der Waals surface area contributed by atoms with Crippen molar-refractivity contribution in [3.05, 3.63) is 60.2 Å². The first-order valence-corrected chi connectivity index (χ1v) is 12.0. The van der Waals surface area contributed by atoms with E-state index in [2.05, 4.69) is 5.32 Å². The summed E-state index contributed by atoms with van der Waals surface area (Å²) < 4.78 is 16.4. The zero-order valence-electron chi connectivity index (χ0n) is 17.8. The highest BCUT2D eigenvalue weighted by molar-refractivity contribution is 8.00. The largest absolute Gasteiger partial charge is 0.486 e. The molecule has 0 radical (unpaired) electrons. The Labute approximate surface area is 194 Å². The molecule has 0 saturated carbocycles. The molecule has 6 nitrogen and oxygen atoms in total. The van der Waals surface area contributed by atoms with Gasteiger partial charge in [-0.15, -0.1) is 23.1 Å². The summed E-state index contributed by atoms with van der Waals surface area (Å²) in [7, 11) is 0. The molecule has 0 aliphatic carbocycles. The highest BCUT2D eigenvalue weighted by atomic mass is 32.2. The van der Waals surface area contributed by atoms with Gasteiger partial charge in [-0.3, -0.25) is 4.79 Å². The summed E-state index contributed by atoms with van der Waals surface area (Å²) in [5, 5.41) is 3.02. The van der Waals surface area contributed by atoms with Crippen LogP contribution in [0.3, 0.4) is 0 Å². The van der Waals surface area contributed by atoms with E-state index < -0.39 is 11.2 Å². The molecule has 3 aromatic rings. The number of hydrogen-bond donors (Lipinski definition) is 1. The third-order valence-electron chi connectivity index (χ3n) is 4.72. The molecule has 1 aliphatic rings. The van der Waals surface area contributed by atoms with Crippen LogP contribution >= 0.6 is 23.1 Å². The first-order chi connectivity index (χ1) is 15.5. The predicted octanol–water partition coefficient (Wildman–Crippen LogP) is 5.48. The summed E-state index contributed by atoms with van der Waals surface area (Å²) in [6.45, 7) is 4.89. The van der Waals surface area contributed by atoms with Crippen LogP contribution in [0.15, 0.2) is 59.5 Å². The van der Waals surface area contributed by atoms with Gasteiger partial charge < -0.3 is 19.5 Å². The maximum atomic E-state index is 13.0. The van der Waals surface area contributed by atoms with Crippen molar-refractivity contribution in [3.63, 3.8) is 0 Å². The van der Waals surface area contributed by atoms with Gasteiger partial charge in [0.05, 0.1) is 17.4 Å². The standard InChI is InChI=1S/C24H23NO5S2/c1-3-28-24(27)18-14-21(16-7-5-4-6-8-16)32-23(18)25-22(26)15(2)31-17-9-10-19-20(13-17)30-12-11-29-19/h4-10,13-15H,3,11-12H2,1-2H3,(H,25,26)/t15-/m0/s1. The molecule has 0 spiro atoms. The number of carbonyl (C=O) groups is 2. The van der Waals surface area contributed by atoms with Gasteiger partial charge in [0.2, 0.25) is 5.91 Å². The molecule has 166 valence electrons. The lowest BCUT2D eigenvalue weighted by Crippen LogP contribution is -2.23. The summed E-state index contributed by atoms with van der Waals surface area (Å²) in [5.41, 5.74) is 1.34. The SMILES string of the molecule is CCOC(=O)c1cc(-c2ccccc2)sc1NC(=O)[C@H](C)Sc1ccc2c(c1)OCCO2. The molecule has 4 rings (SSSR count). The molecule has 2 aromatic carbocycles. The van der Waals surface area contributed by atoms with Crippen molar-refractivity contribution in [2.24, 2.45) is 0 Å². The van der Waals surface area contributed by atoms with E-state index in [1.54, 1.807) is 13.0 Å². The van der Waals surface area contributed by atoms with Gasteiger partial charge in [-0.25, -0.2) is 4.79 Å². The minimum atomic E-state index is -0.451. The second-order valence-corrected chi connectivity index (χ2v) is 9.46. The van der Waals surface area contributed by atoms with Gasteiger partial charge in [-0.2, -0.15) is 0 Å². The molecule has 0 bridgehead atoms. The molecule has 8 heteroatoms. The first kappa shape index (κ1) is 22.2. The maximum Gasteiger partial charge on any atom is 0.341 e. The number of thioether (sulfide) groups is 1. The number of carbonyl (C=O) groups excluding carboxylic acids is 2. The number of ether oxygens (including phenoxy) is 3. The molecule has 1 aromatic heterocycles. The van der Waals surface area contributed by atoms with Crippen LogP contribution in [0.25, 0.3) is 10.4 Å². The van der Waals surface area contributed by atoms with Gasteiger partial charge in [-0.1, -0.05) is 30.3 Å². The van der Waals surface area contributed by atoms with E-state index in [0.717, 1.165) is 15.3 Å². The number of anilines is 1. The molecule has 1 amide bonds. The Kier molecular flexibility index (Phi) is 7.02. The minimum Gasteiger partial charge on any atom is -0.486 e. The summed E-state index contributed by atoms with van der Waals surface area (Å²) in [5.74, 6) is 0.748. The molecule has 1 aliphatic heterocycles. The highest BCUT2D eigenvalue weighted by Crippen LogP contribution is 2.38. The fourth-order valence-corrected chi connectivity index (χ4v) is 5.11. The van der Waals surface area contributed by atoms with Crippen molar-refractivity contribution in [2.45, 2.75) is 24.0 Å². The topological polar surface area (TPSA) is 73.9 Å². The van der Waals surface area contributed by atoms with Crippen LogP contribution in [0.5, 0.6) is 11.5 Å². The molecule has 2 heterocycles. The molecule has 1 atom stereocenters. The number of nitrogens with one attached hydrogen (secondary N) is 1. The molecular formula is C24H23NO5S2. The van der Waals surface area contributed by atoms with Crippen LogP contribution in [0.4, 0.5) is 5.00 Å². The van der Waals surface area contributed by atoms with E-state index in [1.165, 1.54) is 23.1 Å². The first-order valence-electron chi connectivity index (χ1n) is 10.3. The zero-order chi connectivity index (χ0) is 22.5. The van der Waals surface area contributed by atoms with Gasteiger partial charge >= 0.3 is 5.97 Å². The predicted molar refractivity (Wildman–Crippen MR) is 127 cm³/mol. The number of benzene rings is 2. The minimum absolute atomic E-state index is 0.197. The van der Waals surface area contributed by atoms with E-state index in [1.807, 2.05) is 55.5 Å². The van der Waals surface area contributed by atoms with Crippen LogP contribution in [-0.4, -0.2) is 36.9 Å². The van der Waals surface area contributed by atoms with E-state index in [9.17, 15) is 9.59 Å². The number of amides is 1. The third kappa shape index (κ3) is 5.08. The monoisotopic (exact) mass is 469 g/mol. The smallest absolute Gasteiger partial charge is 0.341 e. The average molecular weight is 470 g/mol. The van der Waals surface area contributed by atoms with Crippen molar-refractivity contribution in [2.75, 3.05) is 25.1 Å². The zero-order valence-corrected chi connectivity index (χ0v) is 19.4. The number of hydrogen-bond acceptors (Lipinski definition) is 7. The molecule has 0 fully saturated rings. The Balaban J connectivity index is 1.51.